The van der Waals surface area contributed by atoms with Crippen LogP contribution in [0.4, 0.5) is 0 Å². The second-order valence-electron chi connectivity index (χ2n) is 3.27. The molecule has 0 aliphatic carbocycles. The molecule has 0 radical (unpaired) electrons. The summed E-state index contributed by atoms with van der Waals surface area (Å²) in [5, 5.41) is 9.70. The minimum Gasteiger partial charge on any atom is -0.265 e. The van der Waals surface area contributed by atoms with Crippen molar-refractivity contribution in [3.05, 3.63) is 49.3 Å². The van der Waals surface area contributed by atoms with Crippen molar-refractivity contribution < 1.29 is 0 Å². The first-order valence-electron chi connectivity index (χ1n) is 4.79. The standard InChI is InChI=1S/C12H5Br2ClN2S/c13-10-5-8(12(14)18-10)11(15)9(6-16)7-1-3-17-4-2-7/h1-5H/b11-9-. The van der Waals surface area contributed by atoms with E-state index in [9.17, 15) is 5.26 Å². The van der Waals surface area contributed by atoms with Crippen molar-refractivity contribution in [3.8, 4) is 6.07 Å². The lowest BCUT2D eigenvalue weighted by atomic mass is 10.1. The Hall–Kier alpha value is -0.670. The molecule has 2 aromatic rings. The average Bonchev–Trinajstić information content (AvgIpc) is 2.70. The number of aromatic nitrogens is 1. The SMILES string of the molecule is N#C/C(=C(/Cl)c1cc(Br)sc1Br)c1ccncc1. The van der Waals surface area contributed by atoms with Gasteiger partial charge in [0.2, 0.25) is 0 Å². The molecule has 0 atom stereocenters. The van der Waals surface area contributed by atoms with E-state index in [0.29, 0.717) is 10.6 Å². The maximum Gasteiger partial charge on any atom is 0.101 e. The van der Waals surface area contributed by atoms with Crippen LogP contribution in [0.2, 0.25) is 0 Å². The third-order valence-corrected chi connectivity index (χ3v) is 4.93. The number of nitriles is 1. The van der Waals surface area contributed by atoms with Gasteiger partial charge in [0.05, 0.1) is 18.2 Å². The van der Waals surface area contributed by atoms with Gasteiger partial charge in [-0.1, -0.05) is 11.6 Å². The highest BCUT2D eigenvalue weighted by molar-refractivity contribution is 9.12. The van der Waals surface area contributed by atoms with Crippen LogP contribution >= 0.6 is 54.8 Å². The molecule has 2 aromatic heterocycles. The van der Waals surface area contributed by atoms with E-state index >= 15 is 0 Å². The fourth-order valence-corrected chi connectivity index (χ4v) is 4.68. The lowest BCUT2D eigenvalue weighted by Crippen LogP contribution is -1.85. The molecule has 2 rings (SSSR count). The fraction of sp³-hybridized carbons (Fsp3) is 0. The van der Waals surface area contributed by atoms with E-state index < -0.39 is 0 Å². The molecule has 0 bridgehead atoms. The molecule has 18 heavy (non-hydrogen) atoms. The van der Waals surface area contributed by atoms with Gasteiger partial charge in [-0.25, -0.2) is 0 Å². The zero-order valence-corrected chi connectivity index (χ0v) is 13.6. The first kappa shape index (κ1) is 13.8. The molecule has 0 spiro atoms. The molecule has 0 amide bonds. The highest BCUT2D eigenvalue weighted by atomic mass is 79.9. The normalized spacial score (nSPS) is 11.9. The van der Waals surface area contributed by atoms with Crippen LogP contribution in [0.3, 0.4) is 0 Å². The van der Waals surface area contributed by atoms with Gasteiger partial charge in [0, 0.05) is 18.0 Å². The zero-order chi connectivity index (χ0) is 13.1. The summed E-state index contributed by atoms with van der Waals surface area (Å²) in [6, 6.07) is 7.55. The van der Waals surface area contributed by atoms with Crippen LogP contribution in [0, 0.1) is 11.3 Å². The van der Waals surface area contributed by atoms with Crippen LogP contribution in [0.1, 0.15) is 11.1 Å². The van der Waals surface area contributed by atoms with E-state index in [1.807, 2.05) is 6.07 Å². The summed E-state index contributed by atoms with van der Waals surface area (Å²) >= 11 is 14.7. The molecule has 2 nitrogen and oxygen atoms in total. The van der Waals surface area contributed by atoms with Crippen LogP contribution in [0.15, 0.2) is 38.2 Å². The Morgan fingerprint density at radius 2 is 2.00 bits per heavy atom. The summed E-state index contributed by atoms with van der Waals surface area (Å²) < 4.78 is 1.84. The summed E-state index contributed by atoms with van der Waals surface area (Å²) in [7, 11) is 0. The van der Waals surface area contributed by atoms with Gasteiger partial charge in [-0.2, -0.15) is 5.26 Å². The van der Waals surface area contributed by atoms with Crippen LogP contribution in [0.25, 0.3) is 10.6 Å². The van der Waals surface area contributed by atoms with E-state index in [2.05, 4.69) is 42.9 Å². The van der Waals surface area contributed by atoms with Crippen molar-refractivity contribution in [2.24, 2.45) is 0 Å². The van der Waals surface area contributed by atoms with Crippen LogP contribution in [-0.4, -0.2) is 4.98 Å². The first-order valence-corrected chi connectivity index (χ1v) is 7.57. The van der Waals surface area contributed by atoms with Gasteiger partial charge in [0.25, 0.3) is 0 Å². The Labute approximate surface area is 130 Å². The van der Waals surface area contributed by atoms with Crippen molar-refractivity contribution in [1.29, 1.82) is 5.26 Å². The number of hydrogen-bond acceptors (Lipinski definition) is 3. The summed E-state index contributed by atoms with van der Waals surface area (Å²) in [4.78, 5) is 3.93. The van der Waals surface area contributed by atoms with Crippen LogP contribution < -0.4 is 0 Å². The monoisotopic (exact) mass is 402 g/mol. The lowest BCUT2D eigenvalue weighted by molar-refractivity contribution is 1.32. The lowest BCUT2D eigenvalue weighted by Gasteiger charge is -2.02. The van der Waals surface area contributed by atoms with Gasteiger partial charge in [-0.05, 0) is 55.6 Å². The van der Waals surface area contributed by atoms with E-state index in [4.69, 9.17) is 11.6 Å². The molecule has 0 aliphatic rings. The molecular weight excluding hydrogens is 399 g/mol. The highest BCUT2D eigenvalue weighted by Gasteiger charge is 2.14. The minimum atomic E-state index is 0.428. The molecule has 0 saturated carbocycles. The van der Waals surface area contributed by atoms with E-state index in [1.54, 1.807) is 24.5 Å². The van der Waals surface area contributed by atoms with Gasteiger partial charge in [-0.15, -0.1) is 11.3 Å². The average molecular weight is 405 g/mol. The number of pyridine rings is 1. The molecule has 0 saturated heterocycles. The van der Waals surface area contributed by atoms with Gasteiger partial charge in [0.15, 0.2) is 0 Å². The fourth-order valence-electron chi connectivity index (χ4n) is 1.38. The van der Waals surface area contributed by atoms with Crippen LogP contribution in [-0.2, 0) is 0 Å². The van der Waals surface area contributed by atoms with Gasteiger partial charge in [0.1, 0.15) is 6.07 Å². The minimum absolute atomic E-state index is 0.428. The van der Waals surface area contributed by atoms with Gasteiger partial charge >= 0.3 is 0 Å². The van der Waals surface area contributed by atoms with Gasteiger partial charge < -0.3 is 0 Å². The molecule has 0 aliphatic heterocycles. The van der Waals surface area contributed by atoms with Crippen molar-refractivity contribution in [3.63, 3.8) is 0 Å². The van der Waals surface area contributed by atoms with Crippen molar-refractivity contribution in [2.45, 2.75) is 0 Å². The molecule has 0 aromatic carbocycles. The Kier molecular flexibility index (Phi) is 4.57. The number of allylic oxidation sites excluding steroid dienone is 1. The third kappa shape index (κ3) is 2.83. The second-order valence-corrected chi connectivity index (χ2v) is 7.40. The predicted molar refractivity (Wildman–Crippen MR) is 82.2 cm³/mol. The summed E-state index contributed by atoms with van der Waals surface area (Å²) in [6.07, 6.45) is 3.27. The highest BCUT2D eigenvalue weighted by Crippen LogP contribution is 2.40. The van der Waals surface area contributed by atoms with Crippen molar-refractivity contribution in [1.82, 2.24) is 4.98 Å². The molecule has 90 valence electrons. The molecular formula is C12H5Br2ClN2S. The number of nitrogens with zero attached hydrogens (tertiary/aromatic N) is 2. The van der Waals surface area contributed by atoms with Crippen molar-refractivity contribution in [2.75, 3.05) is 0 Å². The van der Waals surface area contributed by atoms with E-state index in [-0.39, 0.29) is 0 Å². The molecule has 2 heterocycles. The molecule has 0 unspecified atom stereocenters. The van der Waals surface area contributed by atoms with Crippen LogP contribution in [0.5, 0.6) is 0 Å². The number of thiophene rings is 1. The maximum atomic E-state index is 9.27. The summed E-state index contributed by atoms with van der Waals surface area (Å²) in [5.41, 5.74) is 2.00. The van der Waals surface area contributed by atoms with Gasteiger partial charge in [-0.3, -0.25) is 4.98 Å². The predicted octanol–water partition coefficient (Wildman–Crippen LogP) is 5.30. The summed E-state index contributed by atoms with van der Waals surface area (Å²) in [5.74, 6) is 0. The molecule has 0 fully saturated rings. The topological polar surface area (TPSA) is 36.7 Å². The number of rotatable bonds is 2. The third-order valence-electron chi connectivity index (χ3n) is 2.19. The Balaban J connectivity index is 2.58. The second kappa shape index (κ2) is 5.98. The number of halogens is 3. The smallest absolute Gasteiger partial charge is 0.101 e. The Morgan fingerprint density at radius 1 is 1.33 bits per heavy atom. The zero-order valence-electron chi connectivity index (χ0n) is 8.82. The largest absolute Gasteiger partial charge is 0.265 e. The molecule has 0 N–H and O–H groups in total. The maximum absolute atomic E-state index is 9.27. The Bertz CT molecular complexity index is 644. The Morgan fingerprint density at radius 3 is 2.50 bits per heavy atom. The first-order chi connectivity index (χ1) is 8.63. The van der Waals surface area contributed by atoms with E-state index in [0.717, 1.165) is 18.7 Å². The quantitative estimate of drug-likeness (QED) is 0.637. The van der Waals surface area contributed by atoms with Crippen molar-refractivity contribution >= 4 is 65.4 Å². The van der Waals surface area contributed by atoms with E-state index in [1.165, 1.54) is 11.3 Å². The summed E-state index contributed by atoms with van der Waals surface area (Å²) in [6.45, 7) is 0. The molecule has 6 heteroatoms. The number of hydrogen-bond donors (Lipinski definition) is 0.